The molecule has 0 bridgehead atoms. The van der Waals surface area contributed by atoms with Gasteiger partial charge in [0.1, 0.15) is 0 Å². The van der Waals surface area contributed by atoms with E-state index in [0.717, 1.165) is 5.01 Å². The normalized spacial score (nSPS) is 19.4. The number of carbonyl (C=O) groups is 3. The van der Waals surface area contributed by atoms with Crippen LogP contribution in [-0.2, 0) is 5.72 Å². The lowest BCUT2D eigenvalue weighted by Crippen LogP contribution is -2.43. The van der Waals surface area contributed by atoms with Crippen molar-refractivity contribution >= 4 is 23.4 Å². The summed E-state index contributed by atoms with van der Waals surface area (Å²) >= 11 is 0. The number of aliphatic hydroxyl groups is 1. The van der Waals surface area contributed by atoms with Gasteiger partial charge in [-0.15, -0.1) is 0 Å². The maximum absolute atomic E-state index is 13.2. The molecule has 3 amide bonds. The number of hydrogen-bond acceptors (Lipinski definition) is 5. The third kappa shape index (κ3) is 3.70. The van der Waals surface area contributed by atoms with Crippen molar-refractivity contribution in [2.24, 2.45) is 5.10 Å². The average Bonchev–Trinajstić information content (AvgIpc) is 3.35. The average molecular weight is 453 g/mol. The van der Waals surface area contributed by atoms with Crippen molar-refractivity contribution in [3.8, 4) is 0 Å². The quantitative estimate of drug-likeness (QED) is 0.575. The van der Waals surface area contributed by atoms with Crippen LogP contribution in [0.4, 0.5) is 0 Å². The van der Waals surface area contributed by atoms with Crippen LogP contribution in [0.2, 0.25) is 0 Å². The predicted octanol–water partition coefficient (Wildman–Crippen LogP) is 3.81. The van der Waals surface area contributed by atoms with Crippen molar-refractivity contribution in [1.82, 2.24) is 9.91 Å². The van der Waals surface area contributed by atoms with Crippen LogP contribution in [0.25, 0.3) is 0 Å². The molecule has 7 heteroatoms. The van der Waals surface area contributed by atoms with Gasteiger partial charge in [-0.05, 0) is 37.1 Å². The SMILES string of the molecule is O=C1c2ccccc2C(=O)N1CCCC1=NN(C(=O)c2ccccc2)C(O)(c2ccccc2)C1. The summed E-state index contributed by atoms with van der Waals surface area (Å²) in [4.78, 5) is 39.7. The summed E-state index contributed by atoms with van der Waals surface area (Å²) in [6.07, 6.45) is 1.06. The van der Waals surface area contributed by atoms with Crippen molar-refractivity contribution in [1.29, 1.82) is 0 Å². The van der Waals surface area contributed by atoms with E-state index in [-0.39, 0.29) is 24.8 Å². The lowest BCUT2D eigenvalue weighted by Gasteiger charge is -2.31. The van der Waals surface area contributed by atoms with E-state index in [1.54, 1.807) is 72.8 Å². The van der Waals surface area contributed by atoms with Gasteiger partial charge in [-0.1, -0.05) is 60.7 Å². The summed E-state index contributed by atoms with van der Waals surface area (Å²) in [5, 5.41) is 17.3. The predicted molar refractivity (Wildman–Crippen MR) is 126 cm³/mol. The van der Waals surface area contributed by atoms with Crippen molar-refractivity contribution in [2.75, 3.05) is 6.54 Å². The minimum atomic E-state index is -1.61. The van der Waals surface area contributed by atoms with E-state index in [2.05, 4.69) is 5.10 Å². The van der Waals surface area contributed by atoms with E-state index in [0.29, 0.717) is 40.8 Å². The Hall–Kier alpha value is -4.10. The second kappa shape index (κ2) is 8.68. The molecule has 5 rings (SSSR count). The topological polar surface area (TPSA) is 90.3 Å². The van der Waals surface area contributed by atoms with Crippen LogP contribution in [0.15, 0.2) is 90.0 Å². The Bertz CT molecular complexity index is 1250. The molecule has 2 heterocycles. The zero-order chi connectivity index (χ0) is 23.7. The molecule has 1 N–H and O–H groups in total. The number of amides is 3. The van der Waals surface area contributed by atoms with Gasteiger partial charge >= 0.3 is 0 Å². The first-order valence-electron chi connectivity index (χ1n) is 11.2. The fourth-order valence-electron chi connectivity index (χ4n) is 4.49. The number of hydrogen-bond donors (Lipinski definition) is 1. The van der Waals surface area contributed by atoms with Gasteiger partial charge in [0.2, 0.25) is 0 Å². The van der Waals surface area contributed by atoms with Crippen molar-refractivity contribution in [2.45, 2.75) is 25.0 Å². The monoisotopic (exact) mass is 453 g/mol. The molecule has 2 aliphatic heterocycles. The van der Waals surface area contributed by atoms with Gasteiger partial charge in [0.05, 0.1) is 11.1 Å². The summed E-state index contributed by atoms with van der Waals surface area (Å²) in [6.45, 7) is 0.238. The number of carbonyl (C=O) groups excluding carboxylic acids is 3. The molecule has 170 valence electrons. The number of fused-ring (bicyclic) bond motifs is 1. The number of benzene rings is 3. The molecule has 3 aromatic carbocycles. The van der Waals surface area contributed by atoms with Crippen molar-refractivity contribution < 1.29 is 19.5 Å². The van der Waals surface area contributed by atoms with E-state index >= 15 is 0 Å². The molecule has 2 aliphatic rings. The lowest BCUT2D eigenvalue weighted by atomic mass is 9.95. The van der Waals surface area contributed by atoms with Crippen LogP contribution in [-0.4, -0.2) is 45.0 Å². The van der Waals surface area contributed by atoms with E-state index < -0.39 is 11.6 Å². The number of imide groups is 1. The summed E-state index contributed by atoms with van der Waals surface area (Å²) in [5.74, 6) is -0.992. The van der Waals surface area contributed by atoms with Gasteiger partial charge in [-0.2, -0.15) is 10.1 Å². The standard InChI is InChI=1S/C27H23N3O4/c31-24(19-10-3-1-4-11-19)30-27(34,20-12-5-2-6-13-20)18-21(28-30)14-9-17-29-25(32)22-15-7-8-16-23(22)26(29)33/h1-8,10-13,15-16,34H,9,14,17-18H2. The van der Waals surface area contributed by atoms with E-state index in [1.165, 1.54) is 4.90 Å². The Kier molecular flexibility index (Phi) is 5.55. The molecule has 0 aromatic heterocycles. The summed E-state index contributed by atoms with van der Waals surface area (Å²) in [5.41, 5.74) is 0.852. The highest BCUT2D eigenvalue weighted by Gasteiger charge is 2.46. The minimum Gasteiger partial charge on any atom is -0.365 e. The van der Waals surface area contributed by atoms with Crippen molar-refractivity contribution in [3.05, 3.63) is 107 Å². The van der Waals surface area contributed by atoms with Gasteiger partial charge in [0.15, 0.2) is 5.72 Å². The third-order valence-corrected chi connectivity index (χ3v) is 6.22. The molecule has 1 atom stereocenters. The smallest absolute Gasteiger partial charge is 0.276 e. The first-order valence-corrected chi connectivity index (χ1v) is 11.2. The third-order valence-electron chi connectivity index (χ3n) is 6.22. The second-order valence-electron chi connectivity index (χ2n) is 8.42. The summed E-state index contributed by atoms with van der Waals surface area (Å²) < 4.78 is 0. The van der Waals surface area contributed by atoms with E-state index in [4.69, 9.17) is 0 Å². The van der Waals surface area contributed by atoms with Crippen LogP contribution < -0.4 is 0 Å². The maximum atomic E-state index is 13.2. The molecular weight excluding hydrogens is 430 g/mol. The van der Waals surface area contributed by atoms with Crippen LogP contribution in [0, 0.1) is 0 Å². The Labute approximate surface area is 196 Å². The van der Waals surface area contributed by atoms with Crippen LogP contribution >= 0.6 is 0 Å². The van der Waals surface area contributed by atoms with Crippen LogP contribution in [0.3, 0.4) is 0 Å². The van der Waals surface area contributed by atoms with Crippen LogP contribution in [0.5, 0.6) is 0 Å². The molecule has 34 heavy (non-hydrogen) atoms. The lowest BCUT2D eigenvalue weighted by molar-refractivity contribution is -0.0765. The molecule has 0 spiro atoms. The van der Waals surface area contributed by atoms with E-state index in [9.17, 15) is 19.5 Å². The largest absolute Gasteiger partial charge is 0.365 e. The minimum absolute atomic E-state index is 0.151. The molecule has 0 fully saturated rings. The molecule has 0 aliphatic carbocycles. The first-order chi connectivity index (χ1) is 16.5. The molecule has 0 saturated carbocycles. The first kappa shape index (κ1) is 21.7. The molecule has 7 nitrogen and oxygen atoms in total. The van der Waals surface area contributed by atoms with Gasteiger partial charge < -0.3 is 5.11 Å². The molecule has 0 radical (unpaired) electrons. The number of nitrogens with zero attached hydrogens (tertiary/aromatic N) is 3. The Morgan fingerprint density at radius 3 is 2.03 bits per heavy atom. The fraction of sp³-hybridized carbons (Fsp3) is 0.185. The van der Waals surface area contributed by atoms with Gasteiger partial charge in [-0.3, -0.25) is 19.3 Å². The zero-order valence-corrected chi connectivity index (χ0v) is 18.4. The Morgan fingerprint density at radius 1 is 0.853 bits per heavy atom. The van der Waals surface area contributed by atoms with E-state index in [1.807, 2.05) is 12.1 Å². The van der Waals surface area contributed by atoms with Gasteiger partial charge in [-0.25, -0.2) is 0 Å². The van der Waals surface area contributed by atoms with Gasteiger partial charge in [0, 0.05) is 29.8 Å². The number of hydrazone groups is 1. The second-order valence-corrected chi connectivity index (χ2v) is 8.42. The van der Waals surface area contributed by atoms with Crippen molar-refractivity contribution in [3.63, 3.8) is 0 Å². The molecular formula is C27H23N3O4. The number of rotatable bonds is 6. The summed E-state index contributed by atoms with van der Waals surface area (Å²) in [6, 6.07) is 24.5. The Balaban J connectivity index is 1.34. The van der Waals surface area contributed by atoms with Gasteiger partial charge in [0.25, 0.3) is 17.7 Å². The Morgan fingerprint density at radius 2 is 1.41 bits per heavy atom. The fourth-order valence-corrected chi connectivity index (χ4v) is 4.49. The highest BCUT2D eigenvalue weighted by Crippen LogP contribution is 2.37. The van der Waals surface area contributed by atoms with Crippen LogP contribution in [0.1, 0.15) is 55.9 Å². The highest BCUT2D eigenvalue weighted by molar-refractivity contribution is 6.21. The molecule has 3 aromatic rings. The zero-order valence-electron chi connectivity index (χ0n) is 18.4. The summed E-state index contributed by atoms with van der Waals surface area (Å²) in [7, 11) is 0. The molecule has 1 unspecified atom stereocenters. The molecule has 0 saturated heterocycles. The highest BCUT2D eigenvalue weighted by atomic mass is 16.3. The maximum Gasteiger partial charge on any atom is 0.276 e.